The SMILES string of the molecule is CCOC(=O)c1ccccc1NC(=O)NC(CC)COC. The molecule has 1 rings (SSSR count). The number of carbonyl (C=O) groups is 2. The number of carbonyl (C=O) groups excluding carboxylic acids is 2. The van der Waals surface area contributed by atoms with Gasteiger partial charge in [-0.1, -0.05) is 19.1 Å². The van der Waals surface area contributed by atoms with Gasteiger partial charge >= 0.3 is 12.0 Å². The van der Waals surface area contributed by atoms with Gasteiger partial charge in [0.1, 0.15) is 0 Å². The highest BCUT2D eigenvalue weighted by Crippen LogP contribution is 2.16. The van der Waals surface area contributed by atoms with E-state index >= 15 is 0 Å². The van der Waals surface area contributed by atoms with E-state index in [0.29, 0.717) is 17.9 Å². The molecule has 0 saturated carbocycles. The van der Waals surface area contributed by atoms with Crippen LogP contribution in [0.25, 0.3) is 0 Å². The van der Waals surface area contributed by atoms with Crippen LogP contribution in [0.1, 0.15) is 30.6 Å². The van der Waals surface area contributed by atoms with Crippen LogP contribution in [0.5, 0.6) is 0 Å². The van der Waals surface area contributed by atoms with Crippen molar-refractivity contribution in [2.24, 2.45) is 0 Å². The Bertz CT molecular complexity index is 476. The van der Waals surface area contributed by atoms with Crippen molar-refractivity contribution < 1.29 is 19.1 Å². The number of amides is 2. The van der Waals surface area contributed by atoms with Gasteiger partial charge in [0, 0.05) is 7.11 Å². The third-order valence-corrected chi connectivity index (χ3v) is 2.87. The number of hydrogen-bond donors (Lipinski definition) is 2. The highest BCUT2D eigenvalue weighted by Gasteiger charge is 2.15. The van der Waals surface area contributed by atoms with Gasteiger partial charge in [0.15, 0.2) is 0 Å². The Morgan fingerprint density at radius 2 is 1.95 bits per heavy atom. The summed E-state index contributed by atoms with van der Waals surface area (Å²) in [4.78, 5) is 23.8. The van der Waals surface area contributed by atoms with Crippen molar-refractivity contribution in [1.29, 1.82) is 0 Å². The lowest BCUT2D eigenvalue weighted by molar-refractivity contribution is 0.0527. The summed E-state index contributed by atoms with van der Waals surface area (Å²) in [5, 5.41) is 5.45. The van der Waals surface area contributed by atoms with Gasteiger partial charge in [0.05, 0.1) is 30.5 Å². The van der Waals surface area contributed by atoms with Gasteiger partial charge in [-0.3, -0.25) is 0 Å². The number of urea groups is 1. The fraction of sp³-hybridized carbons (Fsp3) is 0.467. The number of anilines is 1. The van der Waals surface area contributed by atoms with Gasteiger partial charge in [0.25, 0.3) is 0 Å². The van der Waals surface area contributed by atoms with Crippen molar-refractivity contribution in [3.8, 4) is 0 Å². The molecule has 116 valence electrons. The fourth-order valence-electron chi connectivity index (χ4n) is 1.79. The van der Waals surface area contributed by atoms with Crippen molar-refractivity contribution in [1.82, 2.24) is 5.32 Å². The molecule has 1 aromatic rings. The molecule has 0 aliphatic rings. The first-order valence-electron chi connectivity index (χ1n) is 6.94. The van der Waals surface area contributed by atoms with Crippen LogP contribution in [0.15, 0.2) is 24.3 Å². The molecule has 0 bridgehead atoms. The Morgan fingerprint density at radius 1 is 1.24 bits per heavy atom. The fourth-order valence-corrected chi connectivity index (χ4v) is 1.79. The highest BCUT2D eigenvalue weighted by atomic mass is 16.5. The van der Waals surface area contributed by atoms with E-state index in [0.717, 1.165) is 6.42 Å². The summed E-state index contributed by atoms with van der Waals surface area (Å²) in [6, 6.07) is 6.27. The van der Waals surface area contributed by atoms with E-state index < -0.39 is 5.97 Å². The van der Waals surface area contributed by atoms with E-state index in [1.807, 2.05) is 6.92 Å². The van der Waals surface area contributed by atoms with Crippen LogP contribution in [0.2, 0.25) is 0 Å². The van der Waals surface area contributed by atoms with Gasteiger partial charge < -0.3 is 20.1 Å². The van der Waals surface area contributed by atoms with Crippen molar-refractivity contribution in [3.05, 3.63) is 29.8 Å². The first kappa shape index (κ1) is 17.0. The minimum atomic E-state index is -0.461. The molecule has 0 fully saturated rings. The summed E-state index contributed by atoms with van der Waals surface area (Å²) >= 11 is 0. The molecule has 2 amide bonds. The molecule has 21 heavy (non-hydrogen) atoms. The van der Waals surface area contributed by atoms with Gasteiger partial charge in [0.2, 0.25) is 0 Å². The summed E-state index contributed by atoms with van der Waals surface area (Å²) in [6.07, 6.45) is 0.751. The maximum atomic E-state index is 12.0. The van der Waals surface area contributed by atoms with Gasteiger partial charge in [-0.15, -0.1) is 0 Å². The molecule has 2 N–H and O–H groups in total. The zero-order valence-electron chi connectivity index (χ0n) is 12.6. The van der Waals surface area contributed by atoms with Crippen molar-refractivity contribution in [2.75, 3.05) is 25.6 Å². The normalized spacial score (nSPS) is 11.6. The Balaban J connectivity index is 2.74. The van der Waals surface area contributed by atoms with E-state index in [-0.39, 0.29) is 18.7 Å². The Morgan fingerprint density at radius 3 is 2.57 bits per heavy atom. The molecule has 1 atom stereocenters. The predicted molar refractivity (Wildman–Crippen MR) is 80.5 cm³/mol. The van der Waals surface area contributed by atoms with Gasteiger partial charge in [-0.25, -0.2) is 9.59 Å². The number of para-hydroxylation sites is 1. The number of nitrogens with one attached hydrogen (secondary N) is 2. The topological polar surface area (TPSA) is 76.7 Å². The predicted octanol–water partition coefficient (Wildman–Crippen LogP) is 2.41. The molecule has 6 nitrogen and oxygen atoms in total. The number of ether oxygens (including phenoxy) is 2. The van der Waals surface area contributed by atoms with Gasteiger partial charge in [-0.05, 0) is 25.5 Å². The van der Waals surface area contributed by atoms with Crippen molar-refractivity contribution in [2.45, 2.75) is 26.3 Å². The Labute approximate surface area is 124 Å². The van der Waals surface area contributed by atoms with Crippen LogP contribution in [0, 0.1) is 0 Å². The van der Waals surface area contributed by atoms with Gasteiger partial charge in [-0.2, -0.15) is 0 Å². The third-order valence-electron chi connectivity index (χ3n) is 2.87. The second-order valence-electron chi connectivity index (χ2n) is 4.43. The lowest BCUT2D eigenvalue weighted by Crippen LogP contribution is -2.40. The molecule has 1 aromatic carbocycles. The average molecular weight is 294 g/mol. The molecule has 0 heterocycles. The minimum absolute atomic E-state index is 0.0789. The molecule has 0 saturated heterocycles. The number of hydrogen-bond acceptors (Lipinski definition) is 4. The number of rotatable bonds is 7. The van der Waals surface area contributed by atoms with Crippen LogP contribution in [-0.4, -0.2) is 38.4 Å². The van der Waals surface area contributed by atoms with E-state index in [2.05, 4.69) is 10.6 Å². The Hall–Kier alpha value is -2.08. The van der Waals surface area contributed by atoms with Crippen LogP contribution < -0.4 is 10.6 Å². The lowest BCUT2D eigenvalue weighted by atomic mass is 10.2. The zero-order chi connectivity index (χ0) is 15.7. The largest absolute Gasteiger partial charge is 0.462 e. The standard InChI is InChI=1S/C15H22N2O4/c1-4-11(10-20-3)16-15(19)17-13-9-7-6-8-12(13)14(18)21-5-2/h6-9,11H,4-5,10H2,1-3H3,(H2,16,17,19). The summed E-state index contributed by atoms with van der Waals surface area (Å²) in [6.45, 7) is 4.41. The third kappa shape index (κ3) is 5.43. The summed E-state index contributed by atoms with van der Waals surface area (Å²) in [5.74, 6) is -0.461. The number of benzene rings is 1. The molecule has 0 spiro atoms. The lowest BCUT2D eigenvalue weighted by Gasteiger charge is -2.17. The maximum absolute atomic E-state index is 12.0. The minimum Gasteiger partial charge on any atom is -0.462 e. The highest BCUT2D eigenvalue weighted by molar-refractivity contribution is 6.00. The van der Waals surface area contributed by atoms with Crippen molar-refractivity contribution in [3.63, 3.8) is 0 Å². The molecular weight excluding hydrogens is 272 g/mol. The van der Waals surface area contributed by atoms with Crippen molar-refractivity contribution >= 4 is 17.7 Å². The molecular formula is C15H22N2O4. The second-order valence-corrected chi connectivity index (χ2v) is 4.43. The summed E-state index contributed by atoms with van der Waals surface area (Å²) < 4.78 is 9.98. The molecule has 0 aromatic heterocycles. The van der Waals surface area contributed by atoms with Crippen LogP contribution in [0.4, 0.5) is 10.5 Å². The van der Waals surface area contributed by atoms with E-state index in [1.54, 1.807) is 38.3 Å². The zero-order valence-corrected chi connectivity index (χ0v) is 12.6. The molecule has 1 unspecified atom stereocenters. The average Bonchev–Trinajstić information content (AvgIpc) is 2.47. The molecule has 6 heteroatoms. The molecule has 0 radical (unpaired) electrons. The Kier molecular flexibility index (Phi) is 7.25. The molecule has 0 aliphatic heterocycles. The monoisotopic (exact) mass is 294 g/mol. The van der Waals surface area contributed by atoms with E-state index in [9.17, 15) is 9.59 Å². The first-order chi connectivity index (χ1) is 10.1. The summed E-state index contributed by atoms with van der Waals surface area (Å²) in [7, 11) is 1.58. The number of methoxy groups -OCH3 is 1. The smallest absolute Gasteiger partial charge is 0.340 e. The maximum Gasteiger partial charge on any atom is 0.340 e. The van der Waals surface area contributed by atoms with Crippen LogP contribution >= 0.6 is 0 Å². The quantitative estimate of drug-likeness (QED) is 0.757. The first-order valence-corrected chi connectivity index (χ1v) is 6.94. The van der Waals surface area contributed by atoms with Crippen LogP contribution in [-0.2, 0) is 9.47 Å². The number of esters is 1. The van der Waals surface area contributed by atoms with Crippen LogP contribution in [0.3, 0.4) is 0 Å². The second kappa shape index (κ2) is 8.97. The van der Waals surface area contributed by atoms with E-state index in [1.165, 1.54) is 0 Å². The molecule has 0 aliphatic carbocycles. The summed E-state index contributed by atoms with van der Waals surface area (Å²) in [5.41, 5.74) is 0.745. The van der Waals surface area contributed by atoms with E-state index in [4.69, 9.17) is 9.47 Å².